The lowest BCUT2D eigenvalue weighted by atomic mass is 10.1. The van der Waals surface area contributed by atoms with Crippen molar-refractivity contribution in [2.24, 2.45) is 5.73 Å². The Hall–Kier alpha value is -2.43. The van der Waals surface area contributed by atoms with E-state index in [9.17, 15) is 14.4 Å². The summed E-state index contributed by atoms with van der Waals surface area (Å²) < 4.78 is 4.45. The highest BCUT2D eigenvalue weighted by molar-refractivity contribution is 5.90. The van der Waals surface area contributed by atoms with E-state index in [4.69, 9.17) is 5.73 Å². The van der Waals surface area contributed by atoms with Crippen LogP contribution in [0.5, 0.6) is 0 Å². The van der Waals surface area contributed by atoms with Crippen LogP contribution in [0.15, 0.2) is 36.4 Å². The fraction of sp³-hybridized carbons (Fsp3) is 0.214. The summed E-state index contributed by atoms with van der Waals surface area (Å²) in [4.78, 5) is 29.6. The Kier molecular flexibility index (Phi) is 9.34. The van der Waals surface area contributed by atoms with Crippen molar-refractivity contribution < 1.29 is 19.1 Å². The molecular weight excluding hydrogens is 246 g/mol. The van der Waals surface area contributed by atoms with Gasteiger partial charge in [0.2, 0.25) is 0 Å². The van der Waals surface area contributed by atoms with Gasteiger partial charge < -0.3 is 20.1 Å². The summed E-state index contributed by atoms with van der Waals surface area (Å²) in [6.07, 6.45) is 3.45. The van der Waals surface area contributed by atoms with Crippen molar-refractivity contribution in [3.8, 4) is 0 Å². The number of hydrogen-bond donors (Lipinski definition) is 1. The second-order valence-corrected chi connectivity index (χ2v) is 3.40. The van der Waals surface area contributed by atoms with Crippen molar-refractivity contribution >= 4 is 24.2 Å². The summed E-state index contributed by atoms with van der Waals surface area (Å²) in [5, 5.41) is 0. The minimum atomic E-state index is -0.443. The van der Waals surface area contributed by atoms with Gasteiger partial charge in [0.15, 0.2) is 0 Å². The Morgan fingerprint density at radius 2 is 1.68 bits per heavy atom. The Morgan fingerprint density at radius 1 is 1.16 bits per heavy atom. The molecule has 0 aliphatic rings. The normalized spacial score (nSPS) is 9.84. The standard InChI is InChI=1S/C10H11NO2.C4H6O2/c1-13-10(12)7-9(11)8-5-3-2-4-6-8;5-3-1-2-4-6/h2-7H,11H2,1H3;3-4H,1-2H2/b9-7+;. The van der Waals surface area contributed by atoms with Gasteiger partial charge in [-0.15, -0.1) is 0 Å². The van der Waals surface area contributed by atoms with Crippen molar-refractivity contribution in [2.75, 3.05) is 7.11 Å². The minimum Gasteiger partial charge on any atom is -0.466 e. The molecule has 19 heavy (non-hydrogen) atoms. The van der Waals surface area contributed by atoms with Gasteiger partial charge in [-0.05, 0) is 5.56 Å². The van der Waals surface area contributed by atoms with E-state index < -0.39 is 5.97 Å². The van der Waals surface area contributed by atoms with Crippen molar-refractivity contribution in [3.63, 3.8) is 0 Å². The highest BCUT2D eigenvalue weighted by Gasteiger charge is 1.98. The van der Waals surface area contributed by atoms with Crippen molar-refractivity contribution in [3.05, 3.63) is 42.0 Å². The number of aldehydes is 2. The monoisotopic (exact) mass is 263 g/mol. The van der Waals surface area contributed by atoms with Crippen LogP contribution in [0.2, 0.25) is 0 Å². The van der Waals surface area contributed by atoms with E-state index in [1.807, 2.05) is 30.3 Å². The highest BCUT2D eigenvalue weighted by atomic mass is 16.5. The molecule has 0 bridgehead atoms. The molecule has 0 unspecified atom stereocenters. The number of rotatable bonds is 5. The summed E-state index contributed by atoms with van der Waals surface area (Å²) in [6, 6.07) is 9.25. The fourth-order valence-electron chi connectivity index (χ4n) is 1.04. The third-order valence-corrected chi connectivity index (χ3v) is 1.98. The molecule has 0 aliphatic heterocycles. The number of carbonyl (C=O) groups excluding carboxylic acids is 3. The zero-order valence-electron chi connectivity index (χ0n) is 10.7. The average molecular weight is 263 g/mol. The quantitative estimate of drug-likeness (QED) is 0.375. The lowest BCUT2D eigenvalue weighted by molar-refractivity contribution is -0.134. The number of nitrogens with two attached hydrogens (primary N) is 1. The van der Waals surface area contributed by atoms with Crippen LogP contribution in [0, 0.1) is 0 Å². The Bertz CT molecular complexity index is 418. The van der Waals surface area contributed by atoms with E-state index >= 15 is 0 Å². The maximum atomic E-state index is 10.8. The third-order valence-electron chi connectivity index (χ3n) is 1.98. The molecule has 0 saturated heterocycles. The first-order valence-electron chi connectivity index (χ1n) is 5.63. The zero-order valence-corrected chi connectivity index (χ0v) is 10.7. The van der Waals surface area contributed by atoms with Gasteiger partial charge in [0.05, 0.1) is 7.11 Å². The molecule has 0 saturated carbocycles. The number of benzene rings is 1. The van der Waals surface area contributed by atoms with Crippen molar-refractivity contribution in [2.45, 2.75) is 12.8 Å². The molecule has 1 aromatic carbocycles. The van der Waals surface area contributed by atoms with Crippen molar-refractivity contribution in [1.29, 1.82) is 0 Å². The van der Waals surface area contributed by atoms with Gasteiger partial charge >= 0.3 is 5.97 Å². The predicted octanol–water partition coefficient (Wildman–Crippen LogP) is 1.32. The molecule has 0 heterocycles. The largest absolute Gasteiger partial charge is 0.466 e. The van der Waals surface area contributed by atoms with Gasteiger partial charge in [0.1, 0.15) is 12.6 Å². The van der Waals surface area contributed by atoms with Crippen molar-refractivity contribution in [1.82, 2.24) is 0 Å². The minimum absolute atomic E-state index is 0.365. The smallest absolute Gasteiger partial charge is 0.332 e. The summed E-state index contributed by atoms with van der Waals surface area (Å²) in [5.41, 5.74) is 6.85. The number of hydrogen-bond acceptors (Lipinski definition) is 5. The van der Waals surface area contributed by atoms with E-state index in [1.165, 1.54) is 13.2 Å². The number of ether oxygens (including phenoxy) is 1. The van der Waals surface area contributed by atoms with Gasteiger partial charge in [-0.25, -0.2) is 4.79 Å². The van der Waals surface area contributed by atoms with Crippen LogP contribution in [-0.2, 0) is 19.1 Å². The van der Waals surface area contributed by atoms with E-state index in [1.54, 1.807) is 0 Å². The number of carbonyl (C=O) groups is 3. The Balaban J connectivity index is 0.000000459. The van der Waals surface area contributed by atoms with Crippen LogP contribution in [0.3, 0.4) is 0 Å². The summed E-state index contributed by atoms with van der Waals surface area (Å²) in [7, 11) is 1.32. The number of methoxy groups -OCH3 is 1. The Labute approximate surface area is 112 Å². The number of unbranched alkanes of at least 4 members (excludes halogenated alkanes) is 1. The number of esters is 1. The molecule has 5 nitrogen and oxygen atoms in total. The molecule has 0 spiro atoms. The average Bonchev–Trinajstić information content (AvgIpc) is 2.46. The second-order valence-electron chi connectivity index (χ2n) is 3.40. The van der Waals surface area contributed by atoms with Crippen LogP contribution < -0.4 is 5.73 Å². The molecule has 102 valence electrons. The first-order chi connectivity index (χ1) is 9.15. The van der Waals surface area contributed by atoms with Crippen LogP contribution in [0.4, 0.5) is 0 Å². The lowest BCUT2D eigenvalue weighted by Crippen LogP contribution is -2.02. The molecule has 0 aliphatic carbocycles. The van der Waals surface area contributed by atoms with Crippen LogP contribution in [0.25, 0.3) is 5.70 Å². The van der Waals surface area contributed by atoms with E-state index in [2.05, 4.69) is 4.74 Å². The van der Waals surface area contributed by atoms with Gasteiger partial charge in [-0.3, -0.25) is 0 Å². The molecule has 2 N–H and O–H groups in total. The maximum Gasteiger partial charge on any atom is 0.332 e. The first-order valence-corrected chi connectivity index (χ1v) is 5.63. The maximum absolute atomic E-state index is 10.8. The zero-order chi connectivity index (χ0) is 14.5. The molecule has 0 amide bonds. The Morgan fingerprint density at radius 3 is 2.11 bits per heavy atom. The predicted molar refractivity (Wildman–Crippen MR) is 72.0 cm³/mol. The first kappa shape index (κ1) is 16.6. The van der Waals surface area contributed by atoms with E-state index in [0.29, 0.717) is 18.5 Å². The molecule has 0 radical (unpaired) electrons. The third kappa shape index (κ3) is 8.31. The molecule has 1 rings (SSSR count). The van der Waals surface area contributed by atoms with Gasteiger partial charge in [0.25, 0.3) is 0 Å². The van der Waals surface area contributed by atoms with Gasteiger partial charge in [0, 0.05) is 24.6 Å². The highest BCUT2D eigenvalue weighted by Crippen LogP contribution is 2.07. The molecule has 0 fully saturated rings. The SMILES string of the molecule is COC(=O)/C=C(/N)c1ccccc1.O=CCCC=O. The molecule has 0 atom stereocenters. The van der Waals surface area contributed by atoms with Gasteiger partial charge in [-0.1, -0.05) is 30.3 Å². The van der Waals surface area contributed by atoms with Crippen LogP contribution in [0.1, 0.15) is 18.4 Å². The molecule has 5 heteroatoms. The molecule has 0 aromatic heterocycles. The van der Waals surface area contributed by atoms with E-state index in [-0.39, 0.29) is 0 Å². The lowest BCUT2D eigenvalue weighted by Gasteiger charge is -1.99. The summed E-state index contributed by atoms with van der Waals surface area (Å²) >= 11 is 0. The second kappa shape index (κ2) is 10.7. The van der Waals surface area contributed by atoms with Gasteiger partial charge in [-0.2, -0.15) is 0 Å². The molecular formula is C14H17NO4. The van der Waals surface area contributed by atoms with E-state index in [0.717, 1.165) is 18.1 Å². The van der Waals surface area contributed by atoms with Crippen LogP contribution >= 0.6 is 0 Å². The topological polar surface area (TPSA) is 86.5 Å². The van der Waals surface area contributed by atoms with Crippen LogP contribution in [-0.4, -0.2) is 25.7 Å². The fourth-order valence-corrected chi connectivity index (χ4v) is 1.04. The summed E-state index contributed by atoms with van der Waals surface area (Å²) in [6.45, 7) is 0. The summed E-state index contributed by atoms with van der Waals surface area (Å²) in [5.74, 6) is -0.443. The molecule has 1 aromatic rings.